The molecule has 0 radical (unpaired) electrons. The minimum absolute atomic E-state index is 0.156. The van der Waals surface area contributed by atoms with Gasteiger partial charge in [-0.1, -0.05) is 11.2 Å². The van der Waals surface area contributed by atoms with Gasteiger partial charge in [-0.25, -0.2) is 8.42 Å². The molecule has 160 valence electrons. The first-order valence-electron chi connectivity index (χ1n) is 8.97. The SMILES string of the molecule is CC(Oc1ccc(N(C)S(C)(=O)=O)cc1)C(=O)N(C)Cc1nc(-c2cccs2)no1. The van der Waals surface area contributed by atoms with Crippen molar-refractivity contribution < 1.29 is 22.5 Å². The Balaban J connectivity index is 1.58. The van der Waals surface area contributed by atoms with Gasteiger partial charge in [0, 0.05) is 14.1 Å². The van der Waals surface area contributed by atoms with Crippen LogP contribution >= 0.6 is 11.3 Å². The number of amides is 1. The number of thiophene rings is 1. The highest BCUT2D eigenvalue weighted by atomic mass is 32.2. The van der Waals surface area contributed by atoms with E-state index < -0.39 is 16.1 Å². The average molecular weight is 451 g/mol. The van der Waals surface area contributed by atoms with Crippen molar-refractivity contribution in [2.24, 2.45) is 0 Å². The van der Waals surface area contributed by atoms with Crippen molar-refractivity contribution in [1.82, 2.24) is 15.0 Å². The second kappa shape index (κ2) is 8.84. The summed E-state index contributed by atoms with van der Waals surface area (Å²) >= 11 is 1.50. The molecule has 3 rings (SSSR count). The first-order valence-corrected chi connectivity index (χ1v) is 11.7. The van der Waals surface area contributed by atoms with Gasteiger partial charge in [-0.15, -0.1) is 11.3 Å². The lowest BCUT2D eigenvalue weighted by molar-refractivity contribution is -0.137. The summed E-state index contributed by atoms with van der Waals surface area (Å²) in [6, 6.07) is 10.3. The van der Waals surface area contributed by atoms with Gasteiger partial charge in [0.2, 0.25) is 21.7 Å². The predicted octanol–water partition coefficient (Wildman–Crippen LogP) is 2.62. The van der Waals surface area contributed by atoms with Crippen molar-refractivity contribution in [1.29, 1.82) is 0 Å². The van der Waals surface area contributed by atoms with Crippen LogP contribution in [0.3, 0.4) is 0 Å². The zero-order chi connectivity index (χ0) is 21.9. The third-order valence-electron chi connectivity index (χ3n) is 4.32. The number of ether oxygens (including phenoxy) is 1. The Bertz CT molecular complexity index is 1090. The van der Waals surface area contributed by atoms with E-state index in [2.05, 4.69) is 10.1 Å². The molecular formula is C19H22N4O5S2. The Hall–Kier alpha value is -2.92. The van der Waals surface area contributed by atoms with Crippen LogP contribution in [-0.4, -0.2) is 55.8 Å². The normalized spacial score (nSPS) is 12.4. The summed E-state index contributed by atoms with van der Waals surface area (Å²) in [6.07, 6.45) is 0.369. The van der Waals surface area contributed by atoms with Crippen molar-refractivity contribution in [3.63, 3.8) is 0 Å². The Morgan fingerprint density at radius 1 is 1.23 bits per heavy atom. The maximum Gasteiger partial charge on any atom is 0.263 e. The van der Waals surface area contributed by atoms with Crippen molar-refractivity contribution >= 4 is 33.0 Å². The highest BCUT2D eigenvalue weighted by molar-refractivity contribution is 7.92. The van der Waals surface area contributed by atoms with E-state index >= 15 is 0 Å². The zero-order valence-electron chi connectivity index (χ0n) is 17.0. The number of benzene rings is 1. The fourth-order valence-electron chi connectivity index (χ4n) is 2.60. The molecule has 1 atom stereocenters. The smallest absolute Gasteiger partial charge is 0.263 e. The molecule has 30 heavy (non-hydrogen) atoms. The second-order valence-corrected chi connectivity index (χ2v) is 9.63. The van der Waals surface area contributed by atoms with Gasteiger partial charge in [-0.05, 0) is 42.6 Å². The standard InChI is InChI=1S/C19H22N4O5S2/c1-13(27-15-9-7-14(8-10-15)23(3)30(4,25)26)19(24)22(2)12-17-20-18(21-28-17)16-6-5-11-29-16/h5-11,13H,12H2,1-4H3. The fourth-order valence-corrected chi connectivity index (χ4v) is 3.75. The minimum Gasteiger partial charge on any atom is -0.481 e. The van der Waals surface area contributed by atoms with Crippen LogP contribution < -0.4 is 9.04 Å². The summed E-state index contributed by atoms with van der Waals surface area (Å²) in [5.74, 6) is 1.01. The van der Waals surface area contributed by atoms with E-state index in [0.717, 1.165) is 15.4 Å². The van der Waals surface area contributed by atoms with Gasteiger partial charge >= 0.3 is 0 Å². The lowest BCUT2D eigenvalue weighted by Gasteiger charge is -2.21. The van der Waals surface area contributed by atoms with Gasteiger partial charge in [-0.3, -0.25) is 9.10 Å². The molecule has 0 N–H and O–H groups in total. The molecule has 9 nitrogen and oxygen atoms in total. The lowest BCUT2D eigenvalue weighted by atomic mass is 10.3. The summed E-state index contributed by atoms with van der Waals surface area (Å²) in [6.45, 7) is 1.79. The molecule has 0 spiro atoms. The van der Waals surface area contributed by atoms with Crippen LogP contribution in [0.4, 0.5) is 5.69 Å². The first-order chi connectivity index (χ1) is 14.1. The molecule has 1 aromatic carbocycles. The topological polar surface area (TPSA) is 106 Å². The molecule has 0 aliphatic rings. The Morgan fingerprint density at radius 2 is 1.93 bits per heavy atom. The van der Waals surface area contributed by atoms with Crippen molar-refractivity contribution in [2.45, 2.75) is 19.6 Å². The zero-order valence-corrected chi connectivity index (χ0v) is 18.6. The number of carbonyl (C=O) groups is 1. The summed E-state index contributed by atoms with van der Waals surface area (Å²) in [4.78, 5) is 19.3. The predicted molar refractivity (Wildman–Crippen MR) is 114 cm³/mol. The quantitative estimate of drug-likeness (QED) is 0.519. The summed E-state index contributed by atoms with van der Waals surface area (Å²) in [7, 11) is -0.254. The molecule has 3 aromatic rings. The number of carbonyl (C=O) groups excluding carboxylic acids is 1. The largest absolute Gasteiger partial charge is 0.481 e. The Labute approximate surface area is 178 Å². The molecule has 1 amide bonds. The van der Waals surface area contributed by atoms with Crippen LogP contribution in [0.1, 0.15) is 12.8 Å². The molecule has 0 aliphatic carbocycles. The number of sulfonamides is 1. The number of hydrogen-bond donors (Lipinski definition) is 0. The van der Waals surface area contributed by atoms with E-state index in [1.165, 1.54) is 23.3 Å². The molecule has 0 aliphatic heterocycles. The molecule has 1 unspecified atom stereocenters. The van der Waals surface area contributed by atoms with Crippen LogP contribution in [-0.2, 0) is 21.4 Å². The van der Waals surface area contributed by atoms with Crippen molar-refractivity contribution in [2.75, 3.05) is 24.7 Å². The number of likely N-dealkylation sites (N-methyl/N-ethyl adjacent to an activating group) is 1. The number of rotatable bonds is 8. The number of anilines is 1. The van der Waals surface area contributed by atoms with Crippen LogP contribution in [0.15, 0.2) is 46.3 Å². The first kappa shape index (κ1) is 21.8. The second-order valence-electron chi connectivity index (χ2n) is 6.67. The summed E-state index contributed by atoms with van der Waals surface area (Å²) < 4.78 is 35.3. The average Bonchev–Trinajstić information content (AvgIpc) is 3.38. The van der Waals surface area contributed by atoms with Gasteiger partial charge in [0.15, 0.2) is 6.10 Å². The van der Waals surface area contributed by atoms with Crippen LogP contribution in [0.5, 0.6) is 5.75 Å². The van der Waals surface area contributed by atoms with E-state index in [4.69, 9.17) is 9.26 Å². The minimum atomic E-state index is -3.35. The van der Waals surface area contributed by atoms with Crippen molar-refractivity contribution in [3.05, 3.63) is 47.7 Å². The van der Waals surface area contributed by atoms with Crippen LogP contribution in [0.25, 0.3) is 10.7 Å². The summed E-state index contributed by atoms with van der Waals surface area (Å²) in [5, 5.41) is 5.85. The van der Waals surface area contributed by atoms with E-state index in [0.29, 0.717) is 23.2 Å². The van der Waals surface area contributed by atoms with Gasteiger partial charge in [0.1, 0.15) is 5.75 Å². The summed E-state index contributed by atoms with van der Waals surface area (Å²) in [5.41, 5.74) is 0.499. The third kappa shape index (κ3) is 5.16. The molecule has 0 saturated carbocycles. The van der Waals surface area contributed by atoms with E-state index in [-0.39, 0.29) is 12.5 Å². The van der Waals surface area contributed by atoms with E-state index in [9.17, 15) is 13.2 Å². The molecule has 0 fully saturated rings. The highest BCUT2D eigenvalue weighted by Crippen LogP contribution is 2.23. The molecule has 2 aromatic heterocycles. The number of aromatic nitrogens is 2. The Morgan fingerprint density at radius 3 is 2.53 bits per heavy atom. The molecule has 11 heteroatoms. The third-order valence-corrected chi connectivity index (χ3v) is 6.39. The van der Waals surface area contributed by atoms with Gasteiger partial charge < -0.3 is 14.2 Å². The van der Waals surface area contributed by atoms with Crippen molar-refractivity contribution in [3.8, 4) is 16.5 Å². The molecule has 0 bridgehead atoms. The molecular weight excluding hydrogens is 428 g/mol. The number of nitrogens with zero attached hydrogens (tertiary/aromatic N) is 4. The van der Waals surface area contributed by atoms with Crippen LogP contribution in [0.2, 0.25) is 0 Å². The van der Waals surface area contributed by atoms with Gasteiger partial charge in [-0.2, -0.15) is 4.98 Å². The Kier molecular flexibility index (Phi) is 6.42. The monoisotopic (exact) mass is 450 g/mol. The van der Waals surface area contributed by atoms with Gasteiger partial charge in [0.25, 0.3) is 5.91 Å². The lowest BCUT2D eigenvalue weighted by Crippen LogP contribution is -2.37. The van der Waals surface area contributed by atoms with Crippen LogP contribution in [0, 0.1) is 0 Å². The van der Waals surface area contributed by atoms with E-state index in [1.54, 1.807) is 38.2 Å². The maximum absolute atomic E-state index is 12.6. The number of hydrogen-bond acceptors (Lipinski definition) is 8. The fraction of sp³-hybridized carbons (Fsp3) is 0.316. The highest BCUT2D eigenvalue weighted by Gasteiger charge is 2.22. The maximum atomic E-state index is 12.6. The van der Waals surface area contributed by atoms with E-state index in [1.807, 2.05) is 17.5 Å². The molecule has 0 saturated heterocycles. The molecule has 2 heterocycles. The van der Waals surface area contributed by atoms with Gasteiger partial charge in [0.05, 0.1) is 23.4 Å².